The van der Waals surface area contributed by atoms with Crippen molar-refractivity contribution >= 4 is 22.5 Å². The van der Waals surface area contributed by atoms with Gasteiger partial charge in [0.2, 0.25) is 0 Å². The van der Waals surface area contributed by atoms with Crippen molar-refractivity contribution in [3.8, 4) is 5.75 Å². The summed E-state index contributed by atoms with van der Waals surface area (Å²) in [4.78, 5) is 4.29. The molecule has 0 unspecified atom stereocenters. The van der Waals surface area contributed by atoms with Crippen LogP contribution in [0.3, 0.4) is 0 Å². The van der Waals surface area contributed by atoms with Gasteiger partial charge in [-0.1, -0.05) is 11.6 Å². The Balaban J connectivity index is 2.74. The summed E-state index contributed by atoms with van der Waals surface area (Å²) in [5, 5.41) is 1.73. The van der Waals surface area contributed by atoms with E-state index in [1.807, 2.05) is 25.1 Å². The number of pyridine rings is 1. The van der Waals surface area contributed by atoms with Gasteiger partial charge in [0.25, 0.3) is 0 Å². The molecule has 0 amide bonds. The highest BCUT2D eigenvalue weighted by Gasteiger charge is 2.04. The van der Waals surface area contributed by atoms with E-state index in [0.29, 0.717) is 0 Å². The van der Waals surface area contributed by atoms with E-state index in [4.69, 9.17) is 16.3 Å². The Bertz CT molecular complexity index is 482. The predicted molar refractivity (Wildman–Crippen MR) is 58.0 cm³/mol. The summed E-state index contributed by atoms with van der Waals surface area (Å²) in [6.45, 7) is 1.94. The first-order valence-electron chi connectivity index (χ1n) is 4.31. The predicted octanol–water partition coefficient (Wildman–Crippen LogP) is 3.21. The number of hydrogen-bond donors (Lipinski definition) is 0. The van der Waals surface area contributed by atoms with Gasteiger partial charge < -0.3 is 4.74 Å². The van der Waals surface area contributed by atoms with Crippen LogP contribution in [0.25, 0.3) is 10.9 Å². The molecule has 72 valence electrons. The Hall–Kier alpha value is -1.28. The molecule has 2 nitrogen and oxygen atoms in total. The highest BCUT2D eigenvalue weighted by molar-refractivity contribution is 6.36. The van der Waals surface area contributed by atoms with Gasteiger partial charge in [0.05, 0.1) is 17.6 Å². The van der Waals surface area contributed by atoms with Crippen LogP contribution in [-0.2, 0) is 0 Å². The van der Waals surface area contributed by atoms with Crippen LogP contribution >= 0.6 is 11.6 Å². The Morgan fingerprint density at radius 3 is 2.86 bits per heavy atom. The van der Waals surface area contributed by atoms with Crippen LogP contribution in [0.2, 0.25) is 5.02 Å². The van der Waals surface area contributed by atoms with E-state index in [2.05, 4.69) is 4.98 Å². The third-order valence-electron chi connectivity index (χ3n) is 2.18. The molecule has 1 aromatic carbocycles. The lowest BCUT2D eigenvalue weighted by Gasteiger charge is -2.04. The Morgan fingerprint density at radius 1 is 1.36 bits per heavy atom. The van der Waals surface area contributed by atoms with Crippen molar-refractivity contribution in [2.75, 3.05) is 7.11 Å². The van der Waals surface area contributed by atoms with Crippen LogP contribution < -0.4 is 4.74 Å². The van der Waals surface area contributed by atoms with E-state index in [-0.39, 0.29) is 0 Å². The average Bonchev–Trinajstić information content (AvgIpc) is 2.23. The van der Waals surface area contributed by atoms with Gasteiger partial charge in [-0.3, -0.25) is 4.98 Å². The smallest absolute Gasteiger partial charge is 0.121 e. The molecule has 0 saturated heterocycles. The van der Waals surface area contributed by atoms with Crippen molar-refractivity contribution in [1.29, 1.82) is 0 Å². The summed E-state index contributed by atoms with van der Waals surface area (Å²) >= 11 is 6.14. The minimum atomic E-state index is 0.762. The first kappa shape index (κ1) is 9.28. The number of fused-ring (bicyclic) bond motifs is 1. The van der Waals surface area contributed by atoms with E-state index < -0.39 is 0 Å². The second-order valence-electron chi connectivity index (χ2n) is 3.14. The summed E-state index contributed by atoms with van der Waals surface area (Å²) in [7, 11) is 1.64. The molecule has 2 rings (SSSR count). The van der Waals surface area contributed by atoms with Gasteiger partial charge >= 0.3 is 0 Å². The van der Waals surface area contributed by atoms with Crippen LogP contribution in [0.4, 0.5) is 0 Å². The number of methoxy groups -OCH3 is 1. The van der Waals surface area contributed by atoms with Crippen molar-refractivity contribution in [3.63, 3.8) is 0 Å². The van der Waals surface area contributed by atoms with Crippen LogP contribution in [0, 0.1) is 6.92 Å². The third-order valence-corrected chi connectivity index (χ3v) is 2.69. The standard InChI is InChI=1S/C11H10ClNO/c1-7-6-13-10-5-8(14-2)3-4-9(10)11(7)12/h3-6H,1-2H3. The molecular formula is C11H10ClNO. The fourth-order valence-corrected chi connectivity index (χ4v) is 1.57. The maximum atomic E-state index is 6.14. The molecule has 0 saturated carbocycles. The quantitative estimate of drug-likeness (QED) is 0.717. The molecule has 0 bridgehead atoms. The fraction of sp³-hybridized carbons (Fsp3) is 0.182. The lowest BCUT2D eigenvalue weighted by Crippen LogP contribution is -1.86. The van der Waals surface area contributed by atoms with Gasteiger partial charge in [-0.15, -0.1) is 0 Å². The first-order valence-corrected chi connectivity index (χ1v) is 4.69. The molecule has 0 atom stereocenters. The van der Waals surface area contributed by atoms with Crippen molar-refractivity contribution < 1.29 is 4.74 Å². The molecule has 0 N–H and O–H groups in total. The number of aromatic nitrogens is 1. The third kappa shape index (κ3) is 1.42. The summed E-state index contributed by atoms with van der Waals surface area (Å²) in [6, 6.07) is 5.69. The molecule has 0 aliphatic rings. The second kappa shape index (κ2) is 3.46. The van der Waals surface area contributed by atoms with E-state index in [1.165, 1.54) is 0 Å². The Kier molecular flexibility index (Phi) is 2.30. The van der Waals surface area contributed by atoms with Gasteiger partial charge in [0.15, 0.2) is 0 Å². The van der Waals surface area contributed by atoms with Gasteiger partial charge in [-0.2, -0.15) is 0 Å². The summed E-state index contributed by atoms with van der Waals surface area (Å²) in [5.74, 6) is 0.796. The molecule has 14 heavy (non-hydrogen) atoms. The number of halogens is 1. The molecule has 0 radical (unpaired) electrons. The van der Waals surface area contributed by atoms with E-state index in [0.717, 1.165) is 27.2 Å². The fourth-order valence-electron chi connectivity index (χ4n) is 1.37. The largest absolute Gasteiger partial charge is 0.497 e. The zero-order valence-corrected chi connectivity index (χ0v) is 8.80. The van der Waals surface area contributed by atoms with Crippen LogP contribution in [0.5, 0.6) is 5.75 Å². The number of ether oxygens (including phenoxy) is 1. The van der Waals surface area contributed by atoms with Crippen molar-refractivity contribution in [3.05, 3.63) is 35.0 Å². The van der Waals surface area contributed by atoms with E-state index in [1.54, 1.807) is 13.3 Å². The summed E-state index contributed by atoms with van der Waals surface area (Å²) < 4.78 is 5.11. The number of hydrogen-bond acceptors (Lipinski definition) is 2. The molecule has 1 aromatic heterocycles. The molecule has 2 aromatic rings. The highest BCUT2D eigenvalue weighted by Crippen LogP contribution is 2.27. The van der Waals surface area contributed by atoms with Gasteiger partial charge in [0.1, 0.15) is 5.75 Å². The highest BCUT2D eigenvalue weighted by atomic mass is 35.5. The van der Waals surface area contributed by atoms with Crippen molar-refractivity contribution in [2.24, 2.45) is 0 Å². The van der Waals surface area contributed by atoms with Crippen molar-refractivity contribution in [2.45, 2.75) is 6.92 Å². The van der Waals surface area contributed by atoms with Crippen LogP contribution in [0.1, 0.15) is 5.56 Å². The number of rotatable bonds is 1. The molecular weight excluding hydrogens is 198 g/mol. The maximum Gasteiger partial charge on any atom is 0.121 e. The minimum Gasteiger partial charge on any atom is -0.497 e. The van der Waals surface area contributed by atoms with Crippen LogP contribution in [-0.4, -0.2) is 12.1 Å². The SMILES string of the molecule is COc1ccc2c(Cl)c(C)cnc2c1. The number of aryl methyl sites for hydroxylation is 1. The van der Waals surface area contributed by atoms with Gasteiger partial charge in [-0.05, 0) is 24.6 Å². The molecule has 0 fully saturated rings. The number of nitrogens with zero attached hydrogens (tertiary/aromatic N) is 1. The molecule has 0 spiro atoms. The summed E-state index contributed by atoms with van der Waals surface area (Å²) in [6.07, 6.45) is 1.77. The normalized spacial score (nSPS) is 10.5. The monoisotopic (exact) mass is 207 g/mol. The second-order valence-corrected chi connectivity index (χ2v) is 3.52. The molecule has 3 heteroatoms. The zero-order valence-electron chi connectivity index (χ0n) is 8.04. The Morgan fingerprint density at radius 2 is 2.14 bits per heavy atom. The topological polar surface area (TPSA) is 22.1 Å². The van der Waals surface area contributed by atoms with Gasteiger partial charge in [0, 0.05) is 17.6 Å². The van der Waals surface area contributed by atoms with Crippen LogP contribution in [0.15, 0.2) is 24.4 Å². The van der Waals surface area contributed by atoms with E-state index >= 15 is 0 Å². The maximum absolute atomic E-state index is 6.14. The zero-order chi connectivity index (χ0) is 10.1. The van der Waals surface area contributed by atoms with E-state index in [9.17, 15) is 0 Å². The molecule has 1 heterocycles. The number of benzene rings is 1. The Labute approximate surface area is 87.5 Å². The molecule has 0 aliphatic heterocycles. The lowest BCUT2D eigenvalue weighted by molar-refractivity contribution is 0.415. The minimum absolute atomic E-state index is 0.762. The summed E-state index contributed by atoms with van der Waals surface area (Å²) in [5.41, 5.74) is 1.85. The molecule has 0 aliphatic carbocycles. The van der Waals surface area contributed by atoms with Crippen molar-refractivity contribution in [1.82, 2.24) is 4.98 Å². The first-order chi connectivity index (χ1) is 6.72. The lowest BCUT2D eigenvalue weighted by atomic mass is 10.1. The average molecular weight is 208 g/mol. The van der Waals surface area contributed by atoms with Gasteiger partial charge in [-0.25, -0.2) is 0 Å².